The molecule has 17 heavy (non-hydrogen) atoms. The molecule has 0 heterocycles. The van der Waals surface area contributed by atoms with Gasteiger partial charge in [0.15, 0.2) is 0 Å². The maximum atomic E-state index is 13.5. The number of halogens is 1. The molecule has 2 atom stereocenters. The summed E-state index contributed by atoms with van der Waals surface area (Å²) in [7, 11) is 0. The fraction of sp³-hybridized carbons (Fsp3) is 0.417. The molecular formula is C12H15FN2O2. The molecule has 4 nitrogen and oxygen atoms in total. The first kappa shape index (κ1) is 11.9. The molecular weight excluding hydrogens is 223 g/mol. The Bertz CT molecular complexity index is 437. The first-order valence-electron chi connectivity index (χ1n) is 5.61. The fourth-order valence-electron chi connectivity index (χ4n) is 2.14. The zero-order chi connectivity index (χ0) is 12.4. The summed E-state index contributed by atoms with van der Waals surface area (Å²) in [6.07, 6.45) is 2.59. The fourth-order valence-corrected chi connectivity index (χ4v) is 2.14. The van der Waals surface area contributed by atoms with Crippen molar-refractivity contribution in [2.24, 2.45) is 5.73 Å². The number of carboxylic acid groups (broad SMARTS) is 1. The van der Waals surface area contributed by atoms with Crippen molar-refractivity contribution in [3.63, 3.8) is 0 Å². The minimum Gasteiger partial charge on any atom is -0.478 e. The van der Waals surface area contributed by atoms with E-state index in [9.17, 15) is 9.18 Å². The van der Waals surface area contributed by atoms with Crippen LogP contribution in [0.2, 0.25) is 0 Å². The third-order valence-corrected chi connectivity index (χ3v) is 3.05. The van der Waals surface area contributed by atoms with Crippen LogP contribution >= 0.6 is 0 Å². The van der Waals surface area contributed by atoms with Crippen molar-refractivity contribution >= 4 is 11.7 Å². The Labute approximate surface area is 98.6 Å². The van der Waals surface area contributed by atoms with Gasteiger partial charge in [-0.15, -0.1) is 0 Å². The highest BCUT2D eigenvalue weighted by atomic mass is 19.1. The predicted octanol–water partition coefficient (Wildman–Crippen LogP) is 1.82. The van der Waals surface area contributed by atoms with Crippen molar-refractivity contribution in [2.45, 2.75) is 31.3 Å². The number of carboxylic acids is 1. The number of benzene rings is 1. The van der Waals surface area contributed by atoms with Crippen LogP contribution in [-0.2, 0) is 0 Å². The van der Waals surface area contributed by atoms with Gasteiger partial charge < -0.3 is 16.2 Å². The Balaban J connectivity index is 2.14. The second kappa shape index (κ2) is 4.71. The van der Waals surface area contributed by atoms with Crippen LogP contribution in [0.1, 0.15) is 29.6 Å². The van der Waals surface area contributed by atoms with Crippen LogP contribution in [0.15, 0.2) is 18.2 Å². The molecule has 0 radical (unpaired) electrons. The molecule has 0 amide bonds. The number of hydrogen-bond acceptors (Lipinski definition) is 3. The molecule has 1 aromatic rings. The molecule has 0 saturated heterocycles. The molecule has 0 bridgehead atoms. The van der Waals surface area contributed by atoms with E-state index in [0.29, 0.717) is 0 Å². The zero-order valence-corrected chi connectivity index (χ0v) is 9.32. The van der Waals surface area contributed by atoms with Gasteiger partial charge in [0.25, 0.3) is 0 Å². The molecule has 92 valence electrons. The van der Waals surface area contributed by atoms with Crippen molar-refractivity contribution in [3.8, 4) is 0 Å². The van der Waals surface area contributed by atoms with Crippen LogP contribution in [-0.4, -0.2) is 23.2 Å². The Morgan fingerprint density at radius 2 is 2.24 bits per heavy atom. The summed E-state index contributed by atoms with van der Waals surface area (Å²) < 4.78 is 13.5. The summed E-state index contributed by atoms with van der Waals surface area (Å²) in [6, 6.07) is 4.02. The average Bonchev–Trinajstić information content (AvgIpc) is 2.67. The molecule has 5 heteroatoms. The van der Waals surface area contributed by atoms with Gasteiger partial charge in [-0.2, -0.15) is 0 Å². The van der Waals surface area contributed by atoms with E-state index in [2.05, 4.69) is 5.32 Å². The molecule has 2 rings (SSSR count). The predicted molar refractivity (Wildman–Crippen MR) is 62.6 cm³/mol. The third-order valence-electron chi connectivity index (χ3n) is 3.05. The summed E-state index contributed by atoms with van der Waals surface area (Å²) in [5.74, 6) is -1.49. The van der Waals surface area contributed by atoms with E-state index < -0.39 is 11.8 Å². The van der Waals surface area contributed by atoms with Crippen LogP contribution in [0, 0.1) is 5.82 Å². The van der Waals surface area contributed by atoms with Crippen LogP contribution in [0.3, 0.4) is 0 Å². The van der Waals surface area contributed by atoms with Gasteiger partial charge >= 0.3 is 5.97 Å². The van der Waals surface area contributed by atoms with E-state index in [1.165, 1.54) is 18.2 Å². The maximum absolute atomic E-state index is 13.5. The second-order valence-electron chi connectivity index (χ2n) is 4.41. The van der Waals surface area contributed by atoms with Crippen LogP contribution in [0.4, 0.5) is 10.1 Å². The molecule has 1 fully saturated rings. The minimum atomic E-state index is -1.06. The number of anilines is 1. The summed E-state index contributed by atoms with van der Waals surface area (Å²) >= 11 is 0. The van der Waals surface area contributed by atoms with E-state index >= 15 is 0 Å². The van der Waals surface area contributed by atoms with Gasteiger partial charge in [-0.1, -0.05) is 0 Å². The molecule has 4 N–H and O–H groups in total. The number of nitrogens with one attached hydrogen (secondary N) is 1. The van der Waals surface area contributed by atoms with Gasteiger partial charge in [0.2, 0.25) is 0 Å². The van der Waals surface area contributed by atoms with E-state index in [4.69, 9.17) is 10.8 Å². The smallest absolute Gasteiger partial charge is 0.335 e. The zero-order valence-electron chi connectivity index (χ0n) is 9.32. The highest BCUT2D eigenvalue weighted by Crippen LogP contribution is 2.24. The molecule has 0 spiro atoms. The topological polar surface area (TPSA) is 75.3 Å². The lowest BCUT2D eigenvalue weighted by atomic mass is 10.1. The molecule has 1 aliphatic carbocycles. The Morgan fingerprint density at radius 3 is 2.82 bits per heavy atom. The quantitative estimate of drug-likeness (QED) is 0.750. The van der Waals surface area contributed by atoms with Crippen molar-refractivity contribution in [1.82, 2.24) is 0 Å². The summed E-state index contributed by atoms with van der Waals surface area (Å²) in [5.41, 5.74) is 6.09. The second-order valence-corrected chi connectivity index (χ2v) is 4.41. The first-order valence-corrected chi connectivity index (χ1v) is 5.61. The number of nitrogens with two attached hydrogens (primary N) is 1. The highest BCUT2D eigenvalue weighted by molar-refractivity contribution is 5.88. The maximum Gasteiger partial charge on any atom is 0.335 e. The van der Waals surface area contributed by atoms with Gasteiger partial charge in [0.05, 0.1) is 11.3 Å². The van der Waals surface area contributed by atoms with Crippen LogP contribution in [0.5, 0.6) is 0 Å². The summed E-state index contributed by atoms with van der Waals surface area (Å²) in [4.78, 5) is 10.8. The Hall–Kier alpha value is -1.62. The highest BCUT2D eigenvalue weighted by Gasteiger charge is 2.22. The van der Waals surface area contributed by atoms with Gasteiger partial charge in [0, 0.05) is 12.1 Å². The van der Waals surface area contributed by atoms with Gasteiger partial charge in [-0.3, -0.25) is 0 Å². The summed E-state index contributed by atoms with van der Waals surface area (Å²) in [6.45, 7) is 0. The summed E-state index contributed by atoms with van der Waals surface area (Å²) in [5, 5.41) is 11.8. The van der Waals surface area contributed by atoms with E-state index in [0.717, 1.165) is 19.3 Å². The lowest BCUT2D eigenvalue weighted by molar-refractivity contribution is 0.0697. The van der Waals surface area contributed by atoms with E-state index in [1.807, 2.05) is 0 Å². The number of aromatic carboxylic acids is 1. The minimum absolute atomic E-state index is 0.0798. The Morgan fingerprint density at radius 1 is 1.47 bits per heavy atom. The molecule has 1 aromatic carbocycles. The molecule has 1 aliphatic rings. The average molecular weight is 238 g/mol. The van der Waals surface area contributed by atoms with Crippen molar-refractivity contribution in [1.29, 1.82) is 0 Å². The van der Waals surface area contributed by atoms with Crippen molar-refractivity contribution in [2.75, 3.05) is 5.32 Å². The number of rotatable bonds is 3. The van der Waals surface area contributed by atoms with E-state index in [1.54, 1.807) is 0 Å². The van der Waals surface area contributed by atoms with Crippen LogP contribution < -0.4 is 11.1 Å². The van der Waals surface area contributed by atoms with Crippen LogP contribution in [0.25, 0.3) is 0 Å². The lowest BCUT2D eigenvalue weighted by Crippen LogP contribution is -2.21. The molecule has 2 unspecified atom stereocenters. The van der Waals surface area contributed by atoms with Gasteiger partial charge in [0.1, 0.15) is 5.82 Å². The normalized spacial score (nSPS) is 23.6. The van der Waals surface area contributed by atoms with Crippen molar-refractivity contribution < 1.29 is 14.3 Å². The standard InChI is InChI=1S/C12H15FN2O2/c13-10-4-1-7(12(16)17)5-11(10)15-9-3-2-8(14)6-9/h1,4-5,8-9,15H,2-3,6,14H2,(H,16,17). The SMILES string of the molecule is NC1CCC(Nc2cc(C(=O)O)ccc2F)C1. The number of carbonyl (C=O) groups is 1. The van der Waals surface area contributed by atoms with Crippen molar-refractivity contribution in [3.05, 3.63) is 29.6 Å². The number of hydrogen-bond donors (Lipinski definition) is 3. The van der Waals surface area contributed by atoms with E-state index in [-0.39, 0.29) is 23.3 Å². The first-order chi connectivity index (χ1) is 8.06. The largest absolute Gasteiger partial charge is 0.478 e. The third kappa shape index (κ3) is 2.74. The molecule has 1 saturated carbocycles. The Kier molecular flexibility index (Phi) is 3.28. The van der Waals surface area contributed by atoms with Gasteiger partial charge in [-0.25, -0.2) is 9.18 Å². The molecule has 0 aromatic heterocycles. The molecule has 0 aliphatic heterocycles. The lowest BCUT2D eigenvalue weighted by Gasteiger charge is -2.15. The monoisotopic (exact) mass is 238 g/mol. The van der Waals surface area contributed by atoms with Gasteiger partial charge in [-0.05, 0) is 37.5 Å².